The SMILES string of the molecule is CC(C)COc1ccc(S)cc1C#N. The highest BCUT2D eigenvalue weighted by Gasteiger charge is 2.04. The number of hydrogen-bond donors (Lipinski definition) is 1. The summed E-state index contributed by atoms with van der Waals surface area (Å²) in [6, 6.07) is 7.39. The van der Waals surface area contributed by atoms with E-state index in [0.717, 1.165) is 4.90 Å². The van der Waals surface area contributed by atoms with Crippen LogP contribution in [0.3, 0.4) is 0 Å². The molecule has 1 aromatic carbocycles. The zero-order chi connectivity index (χ0) is 10.6. The minimum absolute atomic E-state index is 0.456. The lowest BCUT2D eigenvalue weighted by Crippen LogP contribution is -2.05. The Labute approximate surface area is 89.9 Å². The van der Waals surface area contributed by atoms with Gasteiger partial charge in [-0.1, -0.05) is 13.8 Å². The summed E-state index contributed by atoms with van der Waals surface area (Å²) in [5.41, 5.74) is 0.540. The summed E-state index contributed by atoms with van der Waals surface area (Å²) in [5.74, 6) is 1.09. The van der Waals surface area contributed by atoms with Crippen LogP contribution in [-0.2, 0) is 0 Å². The van der Waals surface area contributed by atoms with E-state index in [4.69, 9.17) is 10.00 Å². The summed E-state index contributed by atoms with van der Waals surface area (Å²) in [7, 11) is 0. The Balaban J connectivity index is 2.82. The van der Waals surface area contributed by atoms with E-state index in [-0.39, 0.29) is 0 Å². The molecule has 0 saturated carbocycles. The third kappa shape index (κ3) is 2.97. The first-order valence-corrected chi connectivity index (χ1v) is 4.94. The van der Waals surface area contributed by atoms with E-state index in [1.54, 1.807) is 12.1 Å². The molecule has 0 heterocycles. The topological polar surface area (TPSA) is 33.0 Å². The number of rotatable bonds is 3. The Morgan fingerprint density at radius 2 is 2.21 bits per heavy atom. The van der Waals surface area contributed by atoms with E-state index in [9.17, 15) is 0 Å². The molecule has 74 valence electrons. The van der Waals surface area contributed by atoms with Crippen molar-refractivity contribution in [2.75, 3.05) is 6.61 Å². The van der Waals surface area contributed by atoms with Gasteiger partial charge >= 0.3 is 0 Å². The standard InChI is InChI=1S/C11H13NOS/c1-8(2)7-13-11-4-3-10(14)5-9(11)6-12/h3-5,8,14H,7H2,1-2H3. The first kappa shape index (κ1) is 10.9. The summed E-state index contributed by atoms with van der Waals surface area (Å²) in [5, 5.41) is 8.84. The average Bonchev–Trinajstić information content (AvgIpc) is 2.15. The van der Waals surface area contributed by atoms with Gasteiger partial charge < -0.3 is 4.74 Å². The monoisotopic (exact) mass is 207 g/mol. The van der Waals surface area contributed by atoms with Crippen molar-refractivity contribution in [3.05, 3.63) is 23.8 Å². The maximum Gasteiger partial charge on any atom is 0.137 e. The minimum atomic E-state index is 0.456. The van der Waals surface area contributed by atoms with E-state index in [2.05, 4.69) is 32.5 Å². The van der Waals surface area contributed by atoms with Crippen LogP contribution in [0, 0.1) is 17.2 Å². The van der Waals surface area contributed by atoms with Crippen LogP contribution in [0.5, 0.6) is 5.75 Å². The normalized spacial score (nSPS) is 9.93. The van der Waals surface area contributed by atoms with Crippen molar-refractivity contribution < 1.29 is 4.74 Å². The minimum Gasteiger partial charge on any atom is -0.492 e. The van der Waals surface area contributed by atoms with Gasteiger partial charge in [0.15, 0.2) is 0 Å². The number of hydrogen-bond acceptors (Lipinski definition) is 3. The van der Waals surface area contributed by atoms with Crippen LogP contribution in [0.15, 0.2) is 23.1 Å². The third-order valence-electron chi connectivity index (χ3n) is 1.66. The number of nitriles is 1. The fourth-order valence-electron chi connectivity index (χ4n) is 0.988. The van der Waals surface area contributed by atoms with Crippen molar-refractivity contribution in [2.24, 2.45) is 5.92 Å². The summed E-state index contributed by atoms with van der Waals surface area (Å²) < 4.78 is 5.49. The van der Waals surface area contributed by atoms with Gasteiger partial charge in [0.1, 0.15) is 11.8 Å². The van der Waals surface area contributed by atoms with Gasteiger partial charge in [0, 0.05) is 4.90 Å². The first-order chi connectivity index (χ1) is 6.63. The summed E-state index contributed by atoms with van der Waals surface area (Å²) >= 11 is 4.16. The Morgan fingerprint density at radius 1 is 1.50 bits per heavy atom. The number of nitrogens with zero attached hydrogens (tertiary/aromatic N) is 1. The van der Waals surface area contributed by atoms with Gasteiger partial charge in [0.05, 0.1) is 12.2 Å². The Hall–Kier alpha value is -1.14. The molecule has 0 aliphatic heterocycles. The lowest BCUT2D eigenvalue weighted by molar-refractivity contribution is 0.270. The molecule has 1 aromatic rings. The van der Waals surface area contributed by atoms with E-state index in [0.29, 0.717) is 23.8 Å². The second kappa shape index (κ2) is 4.92. The Morgan fingerprint density at radius 3 is 2.79 bits per heavy atom. The molecular formula is C11H13NOS. The van der Waals surface area contributed by atoms with Crippen LogP contribution in [-0.4, -0.2) is 6.61 Å². The highest BCUT2D eigenvalue weighted by atomic mass is 32.1. The van der Waals surface area contributed by atoms with Gasteiger partial charge in [0.25, 0.3) is 0 Å². The van der Waals surface area contributed by atoms with Gasteiger partial charge in [-0.25, -0.2) is 0 Å². The van der Waals surface area contributed by atoms with Crippen LogP contribution < -0.4 is 4.74 Å². The number of benzene rings is 1. The highest BCUT2D eigenvalue weighted by molar-refractivity contribution is 7.80. The average molecular weight is 207 g/mol. The van der Waals surface area contributed by atoms with E-state index in [1.165, 1.54) is 0 Å². The zero-order valence-corrected chi connectivity index (χ0v) is 9.21. The molecule has 0 aromatic heterocycles. The molecule has 0 unspecified atom stereocenters. The van der Waals surface area contributed by atoms with Crippen molar-refractivity contribution in [1.29, 1.82) is 5.26 Å². The van der Waals surface area contributed by atoms with Crippen molar-refractivity contribution in [1.82, 2.24) is 0 Å². The van der Waals surface area contributed by atoms with Gasteiger partial charge in [0.2, 0.25) is 0 Å². The fraction of sp³-hybridized carbons (Fsp3) is 0.364. The molecular weight excluding hydrogens is 194 g/mol. The van der Waals surface area contributed by atoms with Crippen molar-refractivity contribution in [3.8, 4) is 11.8 Å². The molecule has 0 spiro atoms. The maximum absolute atomic E-state index is 8.84. The Kier molecular flexibility index (Phi) is 3.84. The van der Waals surface area contributed by atoms with Crippen molar-refractivity contribution >= 4 is 12.6 Å². The highest BCUT2D eigenvalue weighted by Crippen LogP contribution is 2.21. The maximum atomic E-state index is 8.84. The van der Waals surface area contributed by atoms with Gasteiger partial charge in [-0.05, 0) is 24.1 Å². The molecule has 0 fully saturated rings. The molecule has 0 aliphatic carbocycles. The molecule has 0 saturated heterocycles. The van der Waals surface area contributed by atoms with Crippen LogP contribution >= 0.6 is 12.6 Å². The predicted molar refractivity (Wildman–Crippen MR) is 58.7 cm³/mol. The second-order valence-corrected chi connectivity index (χ2v) is 4.01. The first-order valence-electron chi connectivity index (χ1n) is 4.49. The van der Waals surface area contributed by atoms with Crippen LogP contribution in [0.4, 0.5) is 0 Å². The van der Waals surface area contributed by atoms with Crippen LogP contribution in [0.25, 0.3) is 0 Å². The molecule has 0 radical (unpaired) electrons. The smallest absolute Gasteiger partial charge is 0.137 e. The molecule has 0 amide bonds. The van der Waals surface area contributed by atoms with Gasteiger partial charge in [-0.2, -0.15) is 5.26 Å². The lowest BCUT2D eigenvalue weighted by atomic mass is 10.2. The van der Waals surface area contributed by atoms with Crippen LogP contribution in [0.2, 0.25) is 0 Å². The summed E-state index contributed by atoms with van der Waals surface area (Å²) in [6.45, 7) is 4.76. The number of ether oxygens (including phenoxy) is 1. The predicted octanol–water partition coefficient (Wildman–Crippen LogP) is 2.88. The van der Waals surface area contributed by atoms with Crippen molar-refractivity contribution in [2.45, 2.75) is 18.7 Å². The quantitative estimate of drug-likeness (QED) is 0.773. The molecule has 0 bridgehead atoms. The van der Waals surface area contributed by atoms with E-state index < -0.39 is 0 Å². The fourth-order valence-corrected chi connectivity index (χ4v) is 1.19. The molecule has 3 heteroatoms. The molecule has 0 atom stereocenters. The summed E-state index contributed by atoms with van der Waals surface area (Å²) in [4.78, 5) is 0.776. The third-order valence-corrected chi connectivity index (χ3v) is 1.93. The molecule has 0 N–H and O–H groups in total. The molecule has 2 nitrogen and oxygen atoms in total. The van der Waals surface area contributed by atoms with Gasteiger partial charge in [-0.3, -0.25) is 0 Å². The van der Waals surface area contributed by atoms with E-state index >= 15 is 0 Å². The van der Waals surface area contributed by atoms with E-state index in [1.807, 2.05) is 6.07 Å². The summed E-state index contributed by atoms with van der Waals surface area (Å²) in [6.07, 6.45) is 0. The molecule has 14 heavy (non-hydrogen) atoms. The Bertz CT molecular complexity index is 355. The molecule has 1 rings (SSSR count). The van der Waals surface area contributed by atoms with Crippen molar-refractivity contribution in [3.63, 3.8) is 0 Å². The largest absolute Gasteiger partial charge is 0.492 e. The number of thiol groups is 1. The van der Waals surface area contributed by atoms with Gasteiger partial charge in [-0.15, -0.1) is 12.6 Å². The van der Waals surface area contributed by atoms with Crippen LogP contribution in [0.1, 0.15) is 19.4 Å². The lowest BCUT2D eigenvalue weighted by Gasteiger charge is -2.09. The zero-order valence-electron chi connectivity index (χ0n) is 8.32. The molecule has 0 aliphatic rings. The second-order valence-electron chi connectivity index (χ2n) is 3.50.